The summed E-state index contributed by atoms with van der Waals surface area (Å²) in [6.07, 6.45) is 7.75. The minimum Gasteiger partial charge on any atom is -0.444 e. The van der Waals surface area contributed by atoms with E-state index in [2.05, 4.69) is 26.9 Å². The molecule has 0 aromatic carbocycles. The number of fused-ring (bicyclic) bond motifs is 1. The lowest BCUT2D eigenvalue weighted by molar-refractivity contribution is -0.126. The van der Waals surface area contributed by atoms with Gasteiger partial charge in [0.2, 0.25) is 0 Å². The molecule has 5 rings (SSSR count). The number of rotatable bonds is 2. The van der Waals surface area contributed by atoms with Gasteiger partial charge in [-0.2, -0.15) is 0 Å². The molecule has 1 aromatic heterocycles. The van der Waals surface area contributed by atoms with Gasteiger partial charge >= 0.3 is 6.09 Å². The SMILES string of the molecule is CC(C)(C)OC(=O)N1CCN2CC(C(=O)N3CCC4(CC3)CCN(c3ccncc3)CC4)=NC2C1. The van der Waals surface area contributed by atoms with Crippen molar-refractivity contribution in [1.29, 1.82) is 0 Å². The third-order valence-electron chi connectivity index (χ3n) is 7.98. The summed E-state index contributed by atoms with van der Waals surface area (Å²) in [7, 11) is 0. The molecule has 190 valence electrons. The van der Waals surface area contributed by atoms with Crippen molar-refractivity contribution in [3.63, 3.8) is 0 Å². The summed E-state index contributed by atoms with van der Waals surface area (Å²) in [6, 6.07) is 4.17. The second kappa shape index (κ2) is 9.41. The first kappa shape index (κ1) is 24.0. The van der Waals surface area contributed by atoms with Gasteiger partial charge in [0.1, 0.15) is 17.5 Å². The summed E-state index contributed by atoms with van der Waals surface area (Å²) in [5.41, 5.74) is 1.73. The van der Waals surface area contributed by atoms with Gasteiger partial charge in [0, 0.05) is 63.9 Å². The number of amides is 2. The number of anilines is 1. The average Bonchev–Trinajstić information content (AvgIpc) is 3.28. The van der Waals surface area contributed by atoms with E-state index in [1.807, 2.05) is 38.1 Å². The first-order chi connectivity index (χ1) is 16.7. The second-order valence-corrected chi connectivity index (χ2v) is 11.4. The van der Waals surface area contributed by atoms with E-state index in [4.69, 9.17) is 9.73 Å². The highest BCUT2D eigenvalue weighted by molar-refractivity contribution is 6.40. The molecule has 2 amide bonds. The third-order valence-corrected chi connectivity index (χ3v) is 7.98. The minimum atomic E-state index is -0.518. The Kier molecular flexibility index (Phi) is 6.46. The number of hydrogen-bond donors (Lipinski definition) is 0. The summed E-state index contributed by atoms with van der Waals surface area (Å²) in [4.78, 5) is 43.0. The Bertz CT molecular complexity index is 957. The van der Waals surface area contributed by atoms with Crippen molar-refractivity contribution >= 4 is 23.4 Å². The number of carbonyl (C=O) groups excluding carboxylic acids is 2. The molecule has 1 aromatic rings. The zero-order valence-electron chi connectivity index (χ0n) is 21.3. The van der Waals surface area contributed by atoms with Gasteiger partial charge in [-0.25, -0.2) is 4.79 Å². The molecular formula is C26H38N6O3. The van der Waals surface area contributed by atoms with Crippen LogP contribution in [0.1, 0.15) is 46.5 Å². The maximum atomic E-state index is 13.3. The topological polar surface area (TPSA) is 81.6 Å². The predicted molar refractivity (Wildman–Crippen MR) is 135 cm³/mol. The Labute approximate surface area is 208 Å². The van der Waals surface area contributed by atoms with Crippen molar-refractivity contribution in [2.75, 3.05) is 57.3 Å². The number of piperidine rings is 2. The standard InChI is InChI=1S/C26H38N6O3/c1-25(2,3)35-24(34)32-17-16-31-18-21(28-22(31)19-32)23(33)30-14-8-26(9-15-30)6-12-29(13-7-26)20-4-10-27-11-5-20/h4-5,10-11,22H,6-9,12-19H2,1-3H3. The molecule has 1 spiro atoms. The van der Waals surface area contributed by atoms with Crippen LogP contribution < -0.4 is 4.90 Å². The van der Waals surface area contributed by atoms with Gasteiger partial charge in [-0.15, -0.1) is 0 Å². The number of carbonyl (C=O) groups is 2. The molecule has 0 bridgehead atoms. The quantitative estimate of drug-likeness (QED) is 0.645. The highest BCUT2D eigenvalue weighted by Crippen LogP contribution is 2.42. The zero-order chi connectivity index (χ0) is 24.6. The summed E-state index contributed by atoms with van der Waals surface area (Å²) < 4.78 is 5.52. The normalized spacial score (nSPS) is 24.8. The molecule has 9 heteroatoms. The maximum absolute atomic E-state index is 13.3. The molecule has 0 N–H and O–H groups in total. The predicted octanol–water partition coefficient (Wildman–Crippen LogP) is 2.62. The highest BCUT2D eigenvalue weighted by Gasteiger charge is 2.42. The van der Waals surface area contributed by atoms with Gasteiger partial charge in [-0.05, 0) is 64.0 Å². The summed E-state index contributed by atoms with van der Waals surface area (Å²) >= 11 is 0. The number of hydrogen-bond acceptors (Lipinski definition) is 7. The van der Waals surface area contributed by atoms with E-state index >= 15 is 0 Å². The summed E-state index contributed by atoms with van der Waals surface area (Å²) in [5.74, 6) is 0.0762. The number of aromatic nitrogens is 1. The minimum absolute atomic E-state index is 0.0762. The van der Waals surface area contributed by atoms with Crippen LogP contribution in [0.4, 0.5) is 10.5 Å². The number of pyridine rings is 1. The number of likely N-dealkylation sites (tertiary alicyclic amines) is 1. The van der Waals surface area contributed by atoms with Crippen molar-refractivity contribution < 1.29 is 14.3 Å². The molecule has 0 saturated carbocycles. The monoisotopic (exact) mass is 482 g/mol. The largest absolute Gasteiger partial charge is 0.444 e. The highest BCUT2D eigenvalue weighted by atomic mass is 16.6. The third kappa shape index (κ3) is 5.29. The molecule has 1 atom stereocenters. The van der Waals surface area contributed by atoms with E-state index in [9.17, 15) is 9.59 Å². The summed E-state index contributed by atoms with van der Waals surface area (Å²) in [6.45, 7) is 11.7. The van der Waals surface area contributed by atoms with Crippen molar-refractivity contribution in [1.82, 2.24) is 19.7 Å². The Balaban J connectivity index is 1.13. The Hall–Kier alpha value is -2.68. The molecule has 1 unspecified atom stereocenters. The van der Waals surface area contributed by atoms with E-state index in [0.29, 0.717) is 37.3 Å². The van der Waals surface area contributed by atoms with Crippen LogP contribution in [-0.4, -0.2) is 102 Å². The molecule has 0 radical (unpaired) electrons. The molecule has 3 saturated heterocycles. The van der Waals surface area contributed by atoms with Crippen LogP contribution in [0.25, 0.3) is 0 Å². The Morgan fingerprint density at radius 3 is 2.26 bits per heavy atom. The fraction of sp³-hybridized carbons (Fsp3) is 0.692. The van der Waals surface area contributed by atoms with Crippen molar-refractivity contribution in [2.24, 2.45) is 10.4 Å². The van der Waals surface area contributed by atoms with Crippen LogP contribution in [-0.2, 0) is 9.53 Å². The Morgan fingerprint density at radius 1 is 0.943 bits per heavy atom. The number of nitrogens with zero attached hydrogens (tertiary/aromatic N) is 6. The molecule has 3 fully saturated rings. The second-order valence-electron chi connectivity index (χ2n) is 11.4. The molecule has 35 heavy (non-hydrogen) atoms. The van der Waals surface area contributed by atoms with Crippen molar-refractivity contribution in [3.8, 4) is 0 Å². The average molecular weight is 483 g/mol. The van der Waals surface area contributed by atoms with E-state index in [1.165, 1.54) is 18.5 Å². The van der Waals surface area contributed by atoms with Gasteiger partial charge in [0.25, 0.3) is 5.91 Å². The number of aliphatic imine (C=N–C) groups is 1. The first-order valence-electron chi connectivity index (χ1n) is 12.9. The molecule has 5 heterocycles. The molecule has 9 nitrogen and oxygen atoms in total. The van der Waals surface area contributed by atoms with Gasteiger partial charge in [-0.1, -0.05) is 0 Å². The Morgan fingerprint density at radius 2 is 1.60 bits per heavy atom. The van der Waals surface area contributed by atoms with Crippen molar-refractivity contribution in [3.05, 3.63) is 24.5 Å². The number of piperazine rings is 1. The van der Waals surface area contributed by atoms with Crippen LogP contribution in [0.5, 0.6) is 0 Å². The van der Waals surface area contributed by atoms with Crippen LogP contribution in [0, 0.1) is 5.41 Å². The lowest BCUT2D eigenvalue weighted by Gasteiger charge is -2.47. The van der Waals surface area contributed by atoms with E-state index in [-0.39, 0.29) is 18.2 Å². The van der Waals surface area contributed by atoms with Gasteiger partial charge < -0.3 is 19.4 Å². The van der Waals surface area contributed by atoms with Crippen LogP contribution >= 0.6 is 0 Å². The van der Waals surface area contributed by atoms with Gasteiger partial charge in [-0.3, -0.25) is 19.7 Å². The van der Waals surface area contributed by atoms with Crippen LogP contribution in [0.3, 0.4) is 0 Å². The lowest BCUT2D eigenvalue weighted by Crippen LogP contribution is -2.53. The smallest absolute Gasteiger partial charge is 0.410 e. The molecule has 0 aliphatic carbocycles. The van der Waals surface area contributed by atoms with E-state index in [1.54, 1.807) is 4.90 Å². The molecule has 4 aliphatic heterocycles. The maximum Gasteiger partial charge on any atom is 0.410 e. The zero-order valence-corrected chi connectivity index (χ0v) is 21.3. The summed E-state index contributed by atoms with van der Waals surface area (Å²) in [5, 5.41) is 0. The molecule has 4 aliphatic rings. The number of ether oxygens (including phenoxy) is 1. The molecular weight excluding hydrogens is 444 g/mol. The van der Waals surface area contributed by atoms with E-state index < -0.39 is 5.60 Å². The van der Waals surface area contributed by atoms with Gasteiger partial charge in [0.15, 0.2) is 0 Å². The van der Waals surface area contributed by atoms with Crippen LogP contribution in [0.15, 0.2) is 29.5 Å². The fourth-order valence-electron chi connectivity index (χ4n) is 5.80. The van der Waals surface area contributed by atoms with E-state index in [0.717, 1.165) is 39.0 Å². The van der Waals surface area contributed by atoms with Crippen LogP contribution in [0.2, 0.25) is 0 Å². The fourth-order valence-corrected chi connectivity index (χ4v) is 5.80. The first-order valence-corrected chi connectivity index (χ1v) is 12.9. The lowest BCUT2D eigenvalue weighted by atomic mass is 9.71. The van der Waals surface area contributed by atoms with Gasteiger partial charge in [0.05, 0.1) is 6.54 Å². The van der Waals surface area contributed by atoms with Crippen molar-refractivity contribution in [2.45, 2.75) is 58.2 Å².